The lowest BCUT2D eigenvalue weighted by Crippen LogP contribution is -2.24. The second-order valence-electron chi connectivity index (χ2n) is 12.0. The van der Waals surface area contributed by atoms with Gasteiger partial charge in [-0.15, -0.1) is 0 Å². The summed E-state index contributed by atoms with van der Waals surface area (Å²) in [7, 11) is 0. The van der Waals surface area contributed by atoms with Crippen LogP contribution in [0.15, 0.2) is 60.7 Å². The molecular weight excluding hydrogens is 464 g/mol. The van der Waals surface area contributed by atoms with Gasteiger partial charge in [0.15, 0.2) is 0 Å². The van der Waals surface area contributed by atoms with E-state index in [4.69, 9.17) is 14.2 Å². The van der Waals surface area contributed by atoms with Gasteiger partial charge in [0.2, 0.25) is 0 Å². The Morgan fingerprint density at radius 2 is 1.03 bits per heavy atom. The van der Waals surface area contributed by atoms with E-state index in [-0.39, 0.29) is 11.9 Å². The lowest BCUT2D eigenvalue weighted by atomic mass is 9.92. The summed E-state index contributed by atoms with van der Waals surface area (Å²) >= 11 is 0. The summed E-state index contributed by atoms with van der Waals surface area (Å²) < 4.78 is 17.3. The zero-order valence-electron chi connectivity index (χ0n) is 23.3. The number of ether oxygens (including phenoxy) is 3. The molecule has 5 heteroatoms. The number of carbonyl (C=O) groups is 2. The van der Waals surface area contributed by atoms with Gasteiger partial charge in [-0.1, -0.05) is 30.3 Å². The highest BCUT2D eigenvalue weighted by Gasteiger charge is 2.22. The van der Waals surface area contributed by atoms with Crippen molar-refractivity contribution >= 4 is 11.9 Å². The molecular formula is C32H37O5. The van der Waals surface area contributed by atoms with E-state index >= 15 is 0 Å². The van der Waals surface area contributed by atoms with Gasteiger partial charge in [0.05, 0.1) is 11.1 Å². The van der Waals surface area contributed by atoms with Gasteiger partial charge in [-0.25, -0.2) is 9.59 Å². The third kappa shape index (κ3) is 7.94. The molecule has 0 saturated heterocycles. The first-order chi connectivity index (χ1) is 17.0. The van der Waals surface area contributed by atoms with E-state index in [9.17, 15) is 9.59 Å². The fraction of sp³-hybridized carbons (Fsp3) is 0.375. The van der Waals surface area contributed by atoms with Crippen molar-refractivity contribution in [3.8, 4) is 28.0 Å². The van der Waals surface area contributed by atoms with Crippen LogP contribution in [0.25, 0.3) is 22.3 Å². The normalized spacial score (nSPS) is 12.1. The van der Waals surface area contributed by atoms with Crippen LogP contribution in [0.4, 0.5) is 0 Å². The first kappa shape index (κ1) is 28.0. The Balaban J connectivity index is 2.05. The monoisotopic (exact) mass is 501 g/mol. The summed E-state index contributed by atoms with van der Waals surface area (Å²) in [5.41, 5.74) is 2.79. The Hall–Kier alpha value is -3.60. The van der Waals surface area contributed by atoms with E-state index in [1.165, 1.54) is 0 Å². The van der Waals surface area contributed by atoms with Crippen LogP contribution < -0.4 is 4.74 Å². The van der Waals surface area contributed by atoms with Crippen LogP contribution in [0.2, 0.25) is 0 Å². The topological polar surface area (TPSA) is 61.8 Å². The second-order valence-corrected chi connectivity index (χ2v) is 12.0. The molecule has 37 heavy (non-hydrogen) atoms. The van der Waals surface area contributed by atoms with Crippen molar-refractivity contribution in [2.24, 2.45) is 0 Å². The summed E-state index contributed by atoms with van der Waals surface area (Å²) in [6.07, 6.45) is 0. The number of hydrogen-bond acceptors (Lipinski definition) is 5. The van der Waals surface area contributed by atoms with E-state index in [2.05, 4.69) is 6.07 Å². The lowest BCUT2D eigenvalue weighted by Gasteiger charge is -2.25. The number of carbonyl (C=O) groups excluding carboxylic acids is 2. The Bertz CT molecular complexity index is 1250. The minimum absolute atomic E-state index is 0.370. The van der Waals surface area contributed by atoms with E-state index in [1.807, 2.05) is 98.7 Å². The molecule has 0 bridgehead atoms. The maximum Gasteiger partial charge on any atom is 0.338 e. The lowest BCUT2D eigenvalue weighted by molar-refractivity contribution is 0.00570. The molecule has 0 aromatic heterocycles. The van der Waals surface area contributed by atoms with Crippen molar-refractivity contribution in [2.75, 3.05) is 0 Å². The van der Waals surface area contributed by atoms with Crippen molar-refractivity contribution in [1.82, 2.24) is 0 Å². The summed E-state index contributed by atoms with van der Waals surface area (Å²) in [5.74, 6) is -0.0453. The van der Waals surface area contributed by atoms with Crippen molar-refractivity contribution in [3.05, 3.63) is 77.9 Å². The first-order valence-corrected chi connectivity index (χ1v) is 12.4. The highest BCUT2D eigenvalue weighted by molar-refractivity contribution is 5.93. The highest BCUT2D eigenvalue weighted by Crippen LogP contribution is 2.40. The number of esters is 2. The fourth-order valence-corrected chi connectivity index (χ4v) is 3.63. The van der Waals surface area contributed by atoms with Crippen molar-refractivity contribution in [3.63, 3.8) is 0 Å². The predicted molar refractivity (Wildman–Crippen MR) is 147 cm³/mol. The molecule has 0 aliphatic carbocycles. The zero-order chi connectivity index (χ0) is 27.6. The van der Waals surface area contributed by atoms with Crippen LogP contribution in [0.5, 0.6) is 5.75 Å². The molecule has 3 aromatic carbocycles. The van der Waals surface area contributed by atoms with E-state index in [1.54, 1.807) is 24.3 Å². The minimum atomic E-state index is -0.573. The fourth-order valence-electron chi connectivity index (χ4n) is 3.63. The van der Waals surface area contributed by atoms with Crippen LogP contribution >= 0.6 is 0 Å². The Kier molecular flexibility index (Phi) is 7.87. The van der Waals surface area contributed by atoms with Gasteiger partial charge in [0.1, 0.15) is 22.6 Å². The average molecular weight is 502 g/mol. The van der Waals surface area contributed by atoms with Gasteiger partial charge in [-0.2, -0.15) is 0 Å². The Morgan fingerprint density at radius 3 is 1.43 bits per heavy atom. The predicted octanol–water partition coefficient (Wildman–Crippen LogP) is 7.91. The van der Waals surface area contributed by atoms with Crippen LogP contribution in [0.1, 0.15) is 83.0 Å². The van der Waals surface area contributed by atoms with E-state index in [0.717, 1.165) is 22.3 Å². The molecule has 0 saturated carbocycles. The third-order valence-corrected chi connectivity index (χ3v) is 4.99. The van der Waals surface area contributed by atoms with Crippen LogP contribution in [-0.4, -0.2) is 28.7 Å². The van der Waals surface area contributed by atoms with E-state index < -0.39 is 16.8 Å². The maximum atomic E-state index is 12.5. The molecule has 195 valence electrons. The molecule has 0 aliphatic rings. The van der Waals surface area contributed by atoms with E-state index in [0.29, 0.717) is 16.9 Å². The molecule has 0 heterocycles. The largest absolute Gasteiger partial charge is 0.487 e. The van der Waals surface area contributed by atoms with Crippen LogP contribution in [0.3, 0.4) is 0 Å². The Labute approximate surface area is 220 Å². The SMILES string of the molecule is CC(C)(C)OC(=O)c1ccc(-c2[c]ccc(OC(C)(C)C)c2-c2ccc(C(=O)OC(C)(C)C)cc2)cc1. The molecule has 3 rings (SSSR count). The molecule has 0 unspecified atom stereocenters. The van der Waals surface area contributed by atoms with Gasteiger partial charge in [-0.3, -0.25) is 0 Å². The first-order valence-electron chi connectivity index (χ1n) is 12.4. The quantitative estimate of drug-likeness (QED) is 0.332. The highest BCUT2D eigenvalue weighted by atomic mass is 16.6. The average Bonchev–Trinajstić information content (AvgIpc) is 2.76. The van der Waals surface area contributed by atoms with Crippen molar-refractivity contribution < 1.29 is 23.8 Å². The molecule has 3 aromatic rings. The number of benzene rings is 3. The van der Waals surface area contributed by atoms with Gasteiger partial charge in [-0.05, 0) is 110 Å². The molecule has 5 nitrogen and oxygen atoms in total. The van der Waals surface area contributed by atoms with Crippen molar-refractivity contribution in [2.45, 2.75) is 79.1 Å². The smallest absolute Gasteiger partial charge is 0.338 e. The Morgan fingerprint density at radius 1 is 0.595 bits per heavy atom. The molecule has 0 aliphatic heterocycles. The third-order valence-electron chi connectivity index (χ3n) is 4.99. The van der Waals surface area contributed by atoms with Gasteiger partial charge < -0.3 is 14.2 Å². The van der Waals surface area contributed by atoms with Crippen LogP contribution in [-0.2, 0) is 9.47 Å². The molecule has 0 amide bonds. The summed E-state index contributed by atoms with van der Waals surface area (Å²) in [6.45, 7) is 17.0. The molecule has 0 atom stereocenters. The molecule has 0 N–H and O–H groups in total. The van der Waals surface area contributed by atoms with Gasteiger partial charge in [0.25, 0.3) is 0 Å². The second kappa shape index (κ2) is 10.4. The number of hydrogen-bond donors (Lipinski definition) is 0. The molecule has 0 spiro atoms. The standard InChI is InChI=1S/C32H37O5/c1-30(2,3)35-26-12-10-11-25(21-13-17-23(18-14-21)28(33)36-31(4,5)6)27(26)22-15-19-24(20-16-22)29(34)37-32(7,8)9/h10,12-20H,1-9H3. The van der Waals surface area contributed by atoms with Crippen molar-refractivity contribution in [1.29, 1.82) is 0 Å². The summed E-state index contributed by atoms with van der Waals surface area (Å²) in [6, 6.07) is 21.6. The zero-order valence-corrected chi connectivity index (χ0v) is 23.3. The molecule has 1 radical (unpaired) electrons. The minimum Gasteiger partial charge on any atom is -0.487 e. The number of rotatable bonds is 5. The summed E-state index contributed by atoms with van der Waals surface area (Å²) in [4.78, 5) is 25.0. The van der Waals surface area contributed by atoms with Gasteiger partial charge >= 0.3 is 11.9 Å². The van der Waals surface area contributed by atoms with Crippen LogP contribution in [0, 0.1) is 6.07 Å². The maximum absolute atomic E-state index is 12.5. The summed E-state index contributed by atoms with van der Waals surface area (Å²) in [5, 5.41) is 0. The van der Waals surface area contributed by atoms with Gasteiger partial charge in [0, 0.05) is 11.1 Å². The molecule has 0 fully saturated rings.